The average molecular weight is 173 g/mol. The third-order valence-electron chi connectivity index (χ3n) is 1.99. The van der Waals surface area contributed by atoms with Gasteiger partial charge < -0.3 is 0 Å². The summed E-state index contributed by atoms with van der Waals surface area (Å²) in [6.07, 6.45) is 1.71. The van der Waals surface area contributed by atoms with Crippen LogP contribution in [0.1, 0.15) is 5.56 Å². The van der Waals surface area contributed by atoms with Crippen LogP contribution in [0.25, 0.3) is 11.4 Å². The molecular formula is C10H11N3. The molecule has 0 radical (unpaired) electrons. The fraction of sp³-hybridized carbons (Fsp3) is 0.200. The number of hydrogen-bond donors (Lipinski definition) is 0. The van der Waals surface area contributed by atoms with E-state index in [2.05, 4.69) is 23.1 Å². The minimum atomic E-state index is 0.792. The van der Waals surface area contributed by atoms with Crippen molar-refractivity contribution in [2.45, 2.75) is 6.92 Å². The molecule has 3 heteroatoms. The van der Waals surface area contributed by atoms with Gasteiger partial charge in [-0.15, -0.1) is 0 Å². The molecule has 1 aromatic heterocycles. The lowest BCUT2D eigenvalue weighted by atomic mass is 10.1. The van der Waals surface area contributed by atoms with Gasteiger partial charge in [0.2, 0.25) is 0 Å². The molecule has 0 aliphatic heterocycles. The van der Waals surface area contributed by atoms with Crippen LogP contribution in [-0.2, 0) is 7.05 Å². The van der Waals surface area contributed by atoms with Crippen LogP contribution in [0.15, 0.2) is 30.6 Å². The second kappa shape index (κ2) is 3.01. The van der Waals surface area contributed by atoms with E-state index in [9.17, 15) is 0 Å². The number of aryl methyl sites for hydroxylation is 2. The quantitative estimate of drug-likeness (QED) is 0.658. The zero-order valence-corrected chi connectivity index (χ0v) is 7.73. The van der Waals surface area contributed by atoms with Crippen LogP contribution in [0.5, 0.6) is 0 Å². The van der Waals surface area contributed by atoms with E-state index in [-0.39, 0.29) is 0 Å². The van der Waals surface area contributed by atoms with Gasteiger partial charge in [0.1, 0.15) is 6.33 Å². The highest BCUT2D eigenvalue weighted by Crippen LogP contribution is 2.17. The minimum absolute atomic E-state index is 0.792. The van der Waals surface area contributed by atoms with Gasteiger partial charge in [-0.25, -0.2) is 4.98 Å². The summed E-state index contributed by atoms with van der Waals surface area (Å²) in [6.45, 7) is 2.06. The maximum atomic E-state index is 4.25. The first kappa shape index (κ1) is 7.98. The third kappa shape index (κ3) is 1.45. The lowest BCUT2D eigenvalue weighted by Crippen LogP contribution is -1.89. The Kier molecular flexibility index (Phi) is 1.85. The third-order valence-corrected chi connectivity index (χ3v) is 1.99. The number of nitrogens with zero attached hydrogens (tertiary/aromatic N) is 3. The second-order valence-electron chi connectivity index (χ2n) is 3.06. The molecule has 0 bridgehead atoms. The topological polar surface area (TPSA) is 30.7 Å². The van der Waals surface area contributed by atoms with Crippen LogP contribution >= 0.6 is 0 Å². The summed E-state index contributed by atoms with van der Waals surface area (Å²) < 4.78 is 1.71. The normalized spacial score (nSPS) is 10.3. The molecule has 0 atom stereocenters. The predicted octanol–water partition coefficient (Wildman–Crippen LogP) is 1.79. The van der Waals surface area contributed by atoms with Gasteiger partial charge in [-0.3, -0.25) is 4.68 Å². The largest absolute Gasteiger partial charge is 0.255 e. The number of rotatable bonds is 1. The summed E-state index contributed by atoms with van der Waals surface area (Å²) in [4.78, 5) is 4.20. The molecule has 1 heterocycles. The molecule has 2 rings (SSSR count). The molecule has 0 saturated heterocycles. The highest BCUT2D eigenvalue weighted by molar-refractivity contribution is 5.58. The Morgan fingerprint density at radius 1 is 1.23 bits per heavy atom. The molecule has 0 N–H and O–H groups in total. The molecule has 0 fully saturated rings. The van der Waals surface area contributed by atoms with Crippen molar-refractivity contribution < 1.29 is 0 Å². The van der Waals surface area contributed by atoms with Crippen molar-refractivity contribution >= 4 is 0 Å². The van der Waals surface area contributed by atoms with Crippen molar-refractivity contribution in [3.8, 4) is 11.4 Å². The van der Waals surface area contributed by atoms with E-state index >= 15 is 0 Å². The highest BCUT2D eigenvalue weighted by Gasteiger charge is 2.04. The Morgan fingerprint density at radius 3 is 2.62 bits per heavy atom. The molecular weight excluding hydrogens is 162 g/mol. The number of aromatic nitrogens is 3. The van der Waals surface area contributed by atoms with E-state index in [1.165, 1.54) is 5.56 Å². The monoisotopic (exact) mass is 173 g/mol. The standard InChI is InChI=1S/C10H11N3/c1-8-5-3-4-6-9(8)10-11-7-13(2)12-10/h3-7H,1-2H3. The molecule has 66 valence electrons. The van der Waals surface area contributed by atoms with Crippen LogP contribution in [0.2, 0.25) is 0 Å². The number of benzene rings is 1. The van der Waals surface area contributed by atoms with Crippen molar-refractivity contribution in [3.05, 3.63) is 36.2 Å². The Morgan fingerprint density at radius 2 is 2.00 bits per heavy atom. The molecule has 13 heavy (non-hydrogen) atoms. The second-order valence-corrected chi connectivity index (χ2v) is 3.06. The van der Waals surface area contributed by atoms with Crippen LogP contribution in [0, 0.1) is 6.92 Å². The highest BCUT2D eigenvalue weighted by atomic mass is 15.3. The van der Waals surface area contributed by atoms with E-state index in [0.717, 1.165) is 11.4 Å². The van der Waals surface area contributed by atoms with Crippen molar-refractivity contribution in [3.63, 3.8) is 0 Å². The van der Waals surface area contributed by atoms with Gasteiger partial charge in [0.05, 0.1) is 0 Å². The Balaban J connectivity index is 2.52. The lowest BCUT2D eigenvalue weighted by Gasteiger charge is -1.98. The van der Waals surface area contributed by atoms with Crippen LogP contribution < -0.4 is 0 Å². The van der Waals surface area contributed by atoms with E-state index in [0.29, 0.717) is 0 Å². The van der Waals surface area contributed by atoms with Crippen molar-refractivity contribution in [2.24, 2.45) is 7.05 Å². The summed E-state index contributed by atoms with van der Waals surface area (Å²) in [5.74, 6) is 0.792. The first-order chi connectivity index (χ1) is 6.27. The SMILES string of the molecule is Cc1ccccc1-c1ncn(C)n1. The first-order valence-corrected chi connectivity index (χ1v) is 4.19. The van der Waals surface area contributed by atoms with E-state index in [1.54, 1.807) is 11.0 Å². The van der Waals surface area contributed by atoms with Gasteiger partial charge >= 0.3 is 0 Å². The lowest BCUT2D eigenvalue weighted by molar-refractivity contribution is 0.768. The molecule has 0 aliphatic carbocycles. The van der Waals surface area contributed by atoms with Crippen molar-refractivity contribution in [1.82, 2.24) is 14.8 Å². The molecule has 0 amide bonds. The molecule has 0 spiro atoms. The van der Waals surface area contributed by atoms with Gasteiger partial charge in [-0.2, -0.15) is 5.10 Å². The fourth-order valence-corrected chi connectivity index (χ4v) is 1.29. The van der Waals surface area contributed by atoms with Crippen molar-refractivity contribution in [1.29, 1.82) is 0 Å². The summed E-state index contributed by atoms with van der Waals surface area (Å²) >= 11 is 0. The Hall–Kier alpha value is -1.64. The van der Waals surface area contributed by atoms with Gasteiger partial charge in [0.15, 0.2) is 5.82 Å². The summed E-state index contributed by atoms with van der Waals surface area (Å²) in [5, 5.41) is 4.25. The van der Waals surface area contributed by atoms with Gasteiger partial charge in [0, 0.05) is 12.6 Å². The maximum absolute atomic E-state index is 4.25. The fourth-order valence-electron chi connectivity index (χ4n) is 1.29. The predicted molar refractivity (Wildman–Crippen MR) is 51.2 cm³/mol. The molecule has 0 aliphatic rings. The zero-order valence-electron chi connectivity index (χ0n) is 7.73. The van der Waals surface area contributed by atoms with E-state index in [1.807, 2.05) is 25.2 Å². The maximum Gasteiger partial charge on any atom is 0.181 e. The van der Waals surface area contributed by atoms with Gasteiger partial charge in [-0.05, 0) is 12.5 Å². The Bertz CT molecular complexity index is 418. The van der Waals surface area contributed by atoms with Crippen LogP contribution in [-0.4, -0.2) is 14.8 Å². The van der Waals surface area contributed by atoms with E-state index < -0.39 is 0 Å². The van der Waals surface area contributed by atoms with Crippen molar-refractivity contribution in [2.75, 3.05) is 0 Å². The average Bonchev–Trinajstić information content (AvgIpc) is 2.53. The summed E-state index contributed by atoms with van der Waals surface area (Å²) in [7, 11) is 1.87. The summed E-state index contributed by atoms with van der Waals surface area (Å²) in [5.41, 5.74) is 2.30. The molecule has 2 aromatic rings. The van der Waals surface area contributed by atoms with Gasteiger partial charge in [-0.1, -0.05) is 24.3 Å². The molecule has 0 saturated carbocycles. The summed E-state index contributed by atoms with van der Waals surface area (Å²) in [6, 6.07) is 8.11. The minimum Gasteiger partial charge on any atom is -0.255 e. The first-order valence-electron chi connectivity index (χ1n) is 4.19. The zero-order chi connectivity index (χ0) is 9.26. The van der Waals surface area contributed by atoms with E-state index in [4.69, 9.17) is 0 Å². The molecule has 3 nitrogen and oxygen atoms in total. The molecule has 1 aromatic carbocycles. The van der Waals surface area contributed by atoms with Crippen LogP contribution in [0.3, 0.4) is 0 Å². The Labute approximate surface area is 77.0 Å². The smallest absolute Gasteiger partial charge is 0.181 e. The van der Waals surface area contributed by atoms with Crippen LogP contribution in [0.4, 0.5) is 0 Å². The molecule has 0 unspecified atom stereocenters. The van der Waals surface area contributed by atoms with Gasteiger partial charge in [0.25, 0.3) is 0 Å². The number of hydrogen-bond acceptors (Lipinski definition) is 2.